The van der Waals surface area contributed by atoms with Crippen LogP contribution in [0.25, 0.3) is 0 Å². The molecule has 3 nitrogen and oxygen atoms in total. The lowest BCUT2D eigenvalue weighted by molar-refractivity contribution is 0.121. The number of nitrogens with zero attached hydrogens (tertiary/aromatic N) is 1. The smallest absolute Gasteiger partial charge is 0.119 e. The van der Waals surface area contributed by atoms with Crippen LogP contribution in [0.1, 0.15) is 50.6 Å². The van der Waals surface area contributed by atoms with Crippen molar-refractivity contribution in [3.63, 3.8) is 0 Å². The van der Waals surface area contributed by atoms with E-state index in [0.717, 1.165) is 30.9 Å². The Morgan fingerprint density at radius 2 is 1.81 bits per heavy atom. The van der Waals surface area contributed by atoms with Crippen LogP contribution in [0.2, 0.25) is 0 Å². The minimum Gasteiger partial charge on any atom is -0.494 e. The number of hydrogen-bond acceptors (Lipinski definition) is 3. The summed E-state index contributed by atoms with van der Waals surface area (Å²) < 4.78 is 5.65. The first-order valence-electron chi connectivity index (χ1n) is 8.39. The van der Waals surface area contributed by atoms with Crippen LogP contribution >= 0.6 is 0 Å². The van der Waals surface area contributed by atoms with E-state index in [2.05, 4.69) is 43.1 Å². The lowest BCUT2D eigenvalue weighted by atomic mass is 9.82. The van der Waals surface area contributed by atoms with Gasteiger partial charge in [0.1, 0.15) is 5.75 Å². The fourth-order valence-electron chi connectivity index (χ4n) is 4.03. The molecule has 2 aliphatic heterocycles. The zero-order chi connectivity index (χ0) is 14.8. The van der Waals surface area contributed by atoms with Crippen LogP contribution in [0.3, 0.4) is 0 Å². The average molecular weight is 288 g/mol. The van der Waals surface area contributed by atoms with Crippen molar-refractivity contribution in [2.75, 3.05) is 13.7 Å². The third-order valence-corrected chi connectivity index (χ3v) is 5.38. The van der Waals surface area contributed by atoms with Crippen LogP contribution < -0.4 is 10.5 Å². The van der Waals surface area contributed by atoms with E-state index in [0.29, 0.717) is 5.92 Å². The molecule has 21 heavy (non-hydrogen) atoms. The van der Waals surface area contributed by atoms with Gasteiger partial charge < -0.3 is 15.4 Å². The average Bonchev–Trinajstić information content (AvgIpc) is 2.74. The van der Waals surface area contributed by atoms with E-state index in [1.165, 1.54) is 31.2 Å². The van der Waals surface area contributed by atoms with Gasteiger partial charge >= 0.3 is 0 Å². The second-order valence-corrected chi connectivity index (χ2v) is 6.73. The zero-order valence-electron chi connectivity index (χ0n) is 13.3. The molecule has 2 heterocycles. The molecule has 0 aliphatic carbocycles. The maximum absolute atomic E-state index is 6.56. The monoisotopic (exact) mass is 288 g/mol. The Kier molecular flexibility index (Phi) is 4.51. The highest BCUT2D eigenvalue weighted by Gasteiger charge is 2.40. The SMILES string of the molecule is CCCOc1ccc(C(N)C2CC3CCC(C2)N3C)cc1. The van der Waals surface area contributed by atoms with Gasteiger partial charge in [-0.1, -0.05) is 19.1 Å². The maximum Gasteiger partial charge on any atom is 0.119 e. The molecule has 3 heteroatoms. The molecule has 1 aromatic rings. The summed E-state index contributed by atoms with van der Waals surface area (Å²) in [4.78, 5) is 2.57. The topological polar surface area (TPSA) is 38.5 Å². The van der Waals surface area contributed by atoms with Crippen molar-refractivity contribution in [2.24, 2.45) is 11.7 Å². The van der Waals surface area contributed by atoms with E-state index in [4.69, 9.17) is 10.5 Å². The minimum absolute atomic E-state index is 0.169. The van der Waals surface area contributed by atoms with Crippen molar-refractivity contribution in [3.05, 3.63) is 29.8 Å². The third kappa shape index (κ3) is 3.09. The van der Waals surface area contributed by atoms with Gasteiger partial charge in [0.25, 0.3) is 0 Å². The van der Waals surface area contributed by atoms with E-state index in [1.54, 1.807) is 0 Å². The van der Waals surface area contributed by atoms with Crippen LogP contribution in [0.4, 0.5) is 0 Å². The zero-order valence-corrected chi connectivity index (χ0v) is 13.3. The Morgan fingerprint density at radius 1 is 1.19 bits per heavy atom. The van der Waals surface area contributed by atoms with Crippen molar-refractivity contribution in [1.82, 2.24) is 4.90 Å². The molecular formula is C18H28N2O. The first-order valence-corrected chi connectivity index (χ1v) is 8.39. The van der Waals surface area contributed by atoms with Crippen LogP contribution in [-0.2, 0) is 0 Å². The summed E-state index contributed by atoms with van der Waals surface area (Å²) in [7, 11) is 2.28. The Hall–Kier alpha value is -1.06. The van der Waals surface area contributed by atoms with Gasteiger partial charge in [-0.05, 0) is 62.8 Å². The third-order valence-electron chi connectivity index (χ3n) is 5.38. The predicted octanol–water partition coefficient (Wildman–Crippen LogP) is 3.35. The van der Waals surface area contributed by atoms with Crippen molar-refractivity contribution < 1.29 is 4.74 Å². The van der Waals surface area contributed by atoms with Crippen molar-refractivity contribution in [3.8, 4) is 5.75 Å². The Labute approximate surface area is 128 Å². The van der Waals surface area contributed by atoms with Crippen LogP contribution in [-0.4, -0.2) is 30.6 Å². The summed E-state index contributed by atoms with van der Waals surface area (Å²) >= 11 is 0. The molecule has 0 radical (unpaired) electrons. The molecule has 2 bridgehead atoms. The molecule has 3 atom stereocenters. The maximum atomic E-state index is 6.56. The number of ether oxygens (including phenoxy) is 1. The summed E-state index contributed by atoms with van der Waals surface area (Å²) in [5, 5.41) is 0. The van der Waals surface area contributed by atoms with Crippen LogP contribution in [0.15, 0.2) is 24.3 Å². The molecule has 2 N–H and O–H groups in total. The molecule has 0 amide bonds. The number of fused-ring (bicyclic) bond motifs is 2. The fourth-order valence-corrected chi connectivity index (χ4v) is 4.03. The molecule has 0 spiro atoms. The first-order chi connectivity index (χ1) is 10.2. The standard InChI is InChI=1S/C18H28N2O/c1-3-10-21-17-8-4-13(5-9-17)18(19)14-11-15-6-7-16(12-14)20(15)2/h4-5,8-9,14-16,18H,3,6-7,10-12,19H2,1-2H3. The Morgan fingerprint density at radius 3 is 2.38 bits per heavy atom. The fraction of sp³-hybridized carbons (Fsp3) is 0.667. The molecule has 1 aromatic carbocycles. The minimum atomic E-state index is 0.169. The molecule has 2 saturated heterocycles. The molecule has 2 aliphatic rings. The predicted molar refractivity (Wildman–Crippen MR) is 86.5 cm³/mol. The summed E-state index contributed by atoms with van der Waals surface area (Å²) in [6, 6.07) is 10.1. The first kappa shape index (κ1) is 14.9. The lowest BCUT2D eigenvalue weighted by Gasteiger charge is -2.38. The van der Waals surface area contributed by atoms with Gasteiger partial charge in [-0.15, -0.1) is 0 Å². The quantitative estimate of drug-likeness (QED) is 0.903. The van der Waals surface area contributed by atoms with Gasteiger partial charge in [0.15, 0.2) is 0 Å². The normalized spacial score (nSPS) is 30.3. The van der Waals surface area contributed by atoms with Gasteiger partial charge in [-0.3, -0.25) is 0 Å². The molecule has 0 aromatic heterocycles. The molecular weight excluding hydrogens is 260 g/mol. The number of nitrogens with two attached hydrogens (primary N) is 1. The Bertz CT molecular complexity index is 445. The largest absolute Gasteiger partial charge is 0.494 e. The van der Waals surface area contributed by atoms with Crippen LogP contribution in [0, 0.1) is 5.92 Å². The van der Waals surface area contributed by atoms with E-state index in [1.807, 2.05) is 0 Å². The second kappa shape index (κ2) is 6.37. The van der Waals surface area contributed by atoms with Gasteiger partial charge in [0.05, 0.1) is 6.61 Å². The van der Waals surface area contributed by atoms with Crippen LogP contribution in [0.5, 0.6) is 5.75 Å². The van der Waals surface area contributed by atoms with E-state index < -0.39 is 0 Å². The van der Waals surface area contributed by atoms with E-state index in [-0.39, 0.29) is 6.04 Å². The Balaban J connectivity index is 1.64. The highest BCUT2D eigenvalue weighted by molar-refractivity contribution is 5.29. The molecule has 116 valence electrons. The van der Waals surface area contributed by atoms with Gasteiger partial charge in [0.2, 0.25) is 0 Å². The highest BCUT2D eigenvalue weighted by Crippen LogP contribution is 2.41. The molecule has 3 rings (SSSR count). The van der Waals surface area contributed by atoms with E-state index >= 15 is 0 Å². The second-order valence-electron chi connectivity index (χ2n) is 6.73. The highest BCUT2D eigenvalue weighted by atomic mass is 16.5. The van der Waals surface area contributed by atoms with Gasteiger partial charge in [0, 0.05) is 18.1 Å². The van der Waals surface area contributed by atoms with Gasteiger partial charge in [-0.2, -0.15) is 0 Å². The van der Waals surface area contributed by atoms with E-state index in [9.17, 15) is 0 Å². The number of piperidine rings is 1. The molecule has 2 fully saturated rings. The van der Waals surface area contributed by atoms with Gasteiger partial charge in [-0.25, -0.2) is 0 Å². The number of hydrogen-bond donors (Lipinski definition) is 1. The number of rotatable bonds is 5. The summed E-state index contributed by atoms with van der Waals surface area (Å²) in [5.74, 6) is 1.58. The lowest BCUT2D eigenvalue weighted by Crippen LogP contribution is -2.42. The van der Waals surface area contributed by atoms with Crippen molar-refractivity contribution in [1.29, 1.82) is 0 Å². The van der Waals surface area contributed by atoms with Crippen molar-refractivity contribution in [2.45, 2.75) is 57.2 Å². The summed E-state index contributed by atoms with van der Waals surface area (Å²) in [6.07, 6.45) is 6.26. The summed E-state index contributed by atoms with van der Waals surface area (Å²) in [5.41, 5.74) is 7.82. The molecule has 3 unspecified atom stereocenters. The van der Waals surface area contributed by atoms with Crippen molar-refractivity contribution >= 4 is 0 Å². The number of benzene rings is 1. The summed E-state index contributed by atoms with van der Waals surface area (Å²) in [6.45, 7) is 2.91. The molecule has 0 saturated carbocycles.